The Morgan fingerprint density at radius 2 is 1.83 bits per heavy atom. The zero-order chi connectivity index (χ0) is 8.55. The Morgan fingerprint density at radius 1 is 1.25 bits per heavy atom. The first-order valence-corrected chi connectivity index (χ1v) is 4.33. The lowest BCUT2D eigenvalue weighted by Gasteiger charge is -2.38. The standard InChI is InChI=1S/C10H14N2/c1-8-2-4-10(5-3-8)12-6-9(11)7-12/h2-5,9H,6-7,11H2,1H3. The van der Waals surface area contributed by atoms with Gasteiger partial charge in [-0.1, -0.05) is 17.7 Å². The van der Waals surface area contributed by atoms with Crippen LogP contribution in [0.15, 0.2) is 24.3 Å². The number of nitrogens with two attached hydrogens (primary N) is 1. The van der Waals surface area contributed by atoms with E-state index in [2.05, 4.69) is 36.1 Å². The highest BCUT2D eigenvalue weighted by Gasteiger charge is 2.22. The molecule has 0 aromatic heterocycles. The van der Waals surface area contributed by atoms with E-state index in [-0.39, 0.29) is 0 Å². The molecule has 0 radical (unpaired) electrons. The molecule has 1 heterocycles. The summed E-state index contributed by atoms with van der Waals surface area (Å²) in [6.45, 7) is 4.11. The number of benzene rings is 1. The molecule has 12 heavy (non-hydrogen) atoms. The molecule has 1 aromatic carbocycles. The predicted octanol–water partition coefficient (Wildman–Crippen LogP) is 1.14. The molecule has 0 aliphatic carbocycles. The maximum Gasteiger partial charge on any atom is 0.0395 e. The van der Waals surface area contributed by atoms with Gasteiger partial charge < -0.3 is 10.6 Å². The third-order valence-electron chi connectivity index (χ3n) is 2.31. The van der Waals surface area contributed by atoms with E-state index in [0.29, 0.717) is 6.04 Å². The topological polar surface area (TPSA) is 29.3 Å². The van der Waals surface area contributed by atoms with Gasteiger partial charge in [0.05, 0.1) is 0 Å². The molecule has 2 rings (SSSR count). The molecular weight excluding hydrogens is 148 g/mol. The predicted molar refractivity (Wildman–Crippen MR) is 51.4 cm³/mol. The number of hydrogen-bond donors (Lipinski definition) is 1. The van der Waals surface area contributed by atoms with Crippen LogP contribution < -0.4 is 10.6 Å². The minimum absolute atomic E-state index is 0.381. The van der Waals surface area contributed by atoms with Gasteiger partial charge >= 0.3 is 0 Å². The Kier molecular flexibility index (Phi) is 1.77. The Morgan fingerprint density at radius 3 is 2.33 bits per heavy atom. The lowest BCUT2D eigenvalue weighted by atomic mass is 10.1. The molecule has 0 unspecified atom stereocenters. The lowest BCUT2D eigenvalue weighted by Crippen LogP contribution is -2.55. The second kappa shape index (κ2) is 2.79. The Hall–Kier alpha value is -1.02. The van der Waals surface area contributed by atoms with Gasteiger partial charge in [-0.05, 0) is 19.1 Å². The molecule has 1 saturated heterocycles. The minimum Gasteiger partial charge on any atom is -0.368 e. The average molecular weight is 162 g/mol. The normalized spacial score (nSPS) is 17.7. The van der Waals surface area contributed by atoms with Gasteiger partial charge in [0, 0.05) is 24.8 Å². The number of aryl methyl sites for hydroxylation is 1. The van der Waals surface area contributed by atoms with Gasteiger partial charge in [-0.25, -0.2) is 0 Å². The summed E-state index contributed by atoms with van der Waals surface area (Å²) in [5, 5.41) is 0. The molecule has 1 aliphatic heterocycles. The maximum absolute atomic E-state index is 5.69. The van der Waals surface area contributed by atoms with Gasteiger partial charge in [-0.2, -0.15) is 0 Å². The first kappa shape index (κ1) is 7.62. The van der Waals surface area contributed by atoms with Crippen LogP contribution in [-0.4, -0.2) is 19.1 Å². The molecule has 0 saturated carbocycles. The molecule has 1 aliphatic rings. The highest BCUT2D eigenvalue weighted by molar-refractivity contribution is 5.50. The smallest absolute Gasteiger partial charge is 0.0395 e. The fraction of sp³-hybridized carbons (Fsp3) is 0.400. The van der Waals surface area contributed by atoms with Crippen LogP contribution >= 0.6 is 0 Å². The second-order valence-corrected chi connectivity index (χ2v) is 3.50. The first-order valence-electron chi connectivity index (χ1n) is 4.33. The summed E-state index contributed by atoms with van der Waals surface area (Å²) in [5.74, 6) is 0. The van der Waals surface area contributed by atoms with Gasteiger partial charge in [-0.3, -0.25) is 0 Å². The summed E-state index contributed by atoms with van der Waals surface area (Å²) in [5.41, 5.74) is 8.30. The molecule has 0 atom stereocenters. The van der Waals surface area contributed by atoms with Crippen molar-refractivity contribution >= 4 is 5.69 Å². The van der Waals surface area contributed by atoms with Crippen molar-refractivity contribution in [1.82, 2.24) is 0 Å². The molecule has 0 amide bonds. The van der Waals surface area contributed by atoms with E-state index in [0.717, 1.165) is 13.1 Å². The molecule has 1 aromatic rings. The molecule has 2 heteroatoms. The summed E-state index contributed by atoms with van der Waals surface area (Å²) in [4.78, 5) is 2.30. The van der Waals surface area contributed by atoms with Crippen molar-refractivity contribution in [2.45, 2.75) is 13.0 Å². The lowest BCUT2D eigenvalue weighted by molar-refractivity contribution is 0.519. The average Bonchev–Trinajstić information content (AvgIpc) is 2.01. The second-order valence-electron chi connectivity index (χ2n) is 3.50. The van der Waals surface area contributed by atoms with Crippen molar-refractivity contribution in [3.63, 3.8) is 0 Å². The zero-order valence-electron chi connectivity index (χ0n) is 7.33. The van der Waals surface area contributed by atoms with Crippen LogP contribution in [0.4, 0.5) is 5.69 Å². The monoisotopic (exact) mass is 162 g/mol. The third kappa shape index (κ3) is 1.30. The maximum atomic E-state index is 5.69. The number of nitrogens with zero attached hydrogens (tertiary/aromatic N) is 1. The molecule has 0 bridgehead atoms. The van der Waals surface area contributed by atoms with Crippen molar-refractivity contribution in [1.29, 1.82) is 0 Å². The Balaban J connectivity index is 2.09. The summed E-state index contributed by atoms with van der Waals surface area (Å²) in [6.07, 6.45) is 0. The SMILES string of the molecule is Cc1ccc(N2CC(N)C2)cc1. The van der Waals surface area contributed by atoms with Crippen LogP contribution in [0.25, 0.3) is 0 Å². The summed E-state index contributed by atoms with van der Waals surface area (Å²) < 4.78 is 0. The van der Waals surface area contributed by atoms with Crippen molar-refractivity contribution in [2.24, 2.45) is 5.73 Å². The summed E-state index contributed by atoms with van der Waals surface area (Å²) in [6, 6.07) is 8.96. The molecule has 1 fully saturated rings. The van der Waals surface area contributed by atoms with Crippen molar-refractivity contribution in [3.05, 3.63) is 29.8 Å². The van der Waals surface area contributed by atoms with E-state index in [9.17, 15) is 0 Å². The van der Waals surface area contributed by atoms with E-state index in [1.54, 1.807) is 0 Å². The van der Waals surface area contributed by atoms with Crippen LogP contribution in [0, 0.1) is 6.92 Å². The van der Waals surface area contributed by atoms with E-state index in [1.807, 2.05) is 0 Å². The van der Waals surface area contributed by atoms with Crippen LogP contribution in [-0.2, 0) is 0 Å². The number of anilines is 1. The van der Waals surface area contributed by atoms with Crippen LogP contribution in [0.2, 0.25) is 0 Å². The Bertz CT molecular complexity index is 260. The molecule has 2 N–H and O–H groups in total. The first-order chi connectivity index (χ1) is 5.75. The highest BCUT2D eigenvalue weighted by atomic mass is 15.2. The fourth-order valence-corrected chi connectivity index (χ4v) is 1.48. The van der Waals surface area contributed by atoms with Gasteiger partial charge in [0.25, 0.3) is 0 Å². The van der Waals surface area contributed by atoms with E-state index >= 15 is 0 Å². The molecule has 64 valence electrons. The Labute approximate surface area is 73.0 Å². The molecule has 2 nitrogen and oxygen atoms in total. The minimum atomic E-state index is 0.381. The van der Waals surface area contributed by atoms with E-state index < -0.39 is 0 Å². The summed E-state index contributed by atoms with van der Waals surface area (Å²) in [7, 11) is 0. The van der Waals surface area contributed by atoms with Gasteiger partial charge in [0.15, 0.2) is 0 Å². The number of rotatable bonds is 1. The zero-order valence-corrected chi connectivity index (χ0v) is 7.33. The number of hydrogen-bond acceptors (Lipinski definition) is 2. The largest absolute Gasteiger partial charge is 0.368 e. The van der Waals surface area contributed by atoms with Crippen LogP contribution in [0.5, 0.6) is 0 Å². The fourth-order valence-electron chi connectivity index (χ4n) is 1.48. The molecule has 0 spiro atoms. The van der Waals surface area contributed by atoms with Crippen molar-refractivity contribution in [3.8, 4) is 0 Å². The van der Waals surface area contributed by atoms with Gasteiger partial charge in [0.1, 0.15) is 0 Å². The van der Waals surface area contributed by atoms with Crippen LogP contribution in [0.1, 0.15) is 5.56 Å². The van der Waals surface area contributed by atoms with Gasteiger partial charge in [0.2, 0.25) is 0 Å². The summed E-state index contributed by atoms with van der Waals surface area (Å²) >= 11 is 0. The quantitative estimate of drug-likeness (QED) is 0.671. The van der Waals surface area contributed by atoms with Gasteiger partial charge in [-0.15, -0.1) is 0 Å². The van der Waals surface area contributed by atoms with Crippen LogP contribution in [0.3, 0.4) is 0 Å². The third-order valence-corrected chi connectivity index (χ3v) is 2.31. The highest BCUT2D eigenvalue weighted by Crippen LogP contribution is 2.19. The molecular formula is C10H14N2. The van der Waals surface area contributed by atoms with E-state index in [4.69, 9.17) is 5.73 Å². The van der Waals surface area contributed by atoms with E-state index in [1.165, 1.54) is 11.3 Å². The van der Waals surface area contributed by atoms with Crippen molar-refractivity contribution < 1.29 is 0 Å². The van der Waals surface area contributed by atoms with Crippen molar-refractivity contribution in [2.75, 3.05) is 18.0 Å².